The molecule has 0 N–H and O–H groups in total. The van der Waals surface area contributed by atoms with E-state index in [0.717, 1.165) is 57.5 Å². The van der Waals surface area contributed by atoms with Gasteiger partial charge in [0.2, 0.25) is 11.8 Å². The average molecular weight is 358 g/mol. The zero-order valence-electron chi connectivity index (χ0n) is 15.7. The third-order valence-corrected chi connectivity index (χ3v) is 5.57. The average Bonchev–Trinajstić information content (AvgIpc) is 2.72. The highest BCUT2D eigenvalue weighted by atomic mass is 16.5. The SMILES string of the molecule is CCC(=O)N1CCCCC1C(=O)N1CCC(COc2ccccc2)CC1. The number of carbonyl (C=O) groups is 2. The van der Waals surface area contributed by atoms with Gasteiger partial charge in [0, 0.05) is 26.1 Å². The molecule has 5 nitrogen and oxygen atoms in total. The van der Waals surface area contributed by atoms with Crippen molar-refractivity contribution in [3.05, 3.63) is 30.3 Å². The van der Waals surface area contributed by atoms with Crippen LogP contribution >= 0.6 is 0 Å². The maximum absolute atomic E-state index is 13.0. The van der Waals surface area contributed by atoms with E-state index >= 15 is 0 Å². The van der Waals surface area contributed by atoms with Crippen molar-refractivity contribution < 1.29 is 14.3 Å². The molecular weight excluding hydrogens is 328 g/mol. The van der Waals surface area contributed by atoms with Crippen molar-refractivity contribution in [1.29, 1.82) is 0 Å². The van der Waals surface area contributed by atoms with Crippen LogP contribution in [-0.2, 0) is 9.59 Å². The lowest BCUT2D eigenvalue weighted by Crippen LogP contribution is -2.54. The molecule has 1 atom stereocenters. The first-order valence-electron chi connectivity index (χ1n) is 9.95. The minimum Gasteiger partial charge on any atom is -0.493 e. The monoisotopic (exact) mass is 358 g/mol. The van der Waals surface area contributed by atoms with Gasteiger partial charge in [0.25, 0.3) is 0 Å². The number of para-hydroxylation sites is 1. The molecule has 2 heterocycles. The predicted octanol–water partition coefficient (Wildman–Crippen LogP) is 3.10. The first-order valence-corrected chi connectivity index (χ1v) is 9.95. The molecule has 2 amide bonds. The number of benzene rings is 1. The number of amides is 2. The van der Waals surface area contributed by atoms with Crippen LogP contribution in [-0.4, -0.2) is 53.9 Å². The highest BCUT2D eigenvalue weighted by Gasteiger charge is 2.35. The molecule has 0 radical (unpaired) electrons. The Kier molecular flexibility index (Phi) is 6.53. The fourth-order valence-electron chi connectivity index (χ4n) is 3.95. The van der Waals surface area contributed by atoms with Crippen molar-refractivity contribution in [3.8, 4) is 5.75 Å². The number of piperidine rings is 2. The Morgan fingerprint density at radius 2 is 1.77 bits per heavy atom. The first kappa shape index (κ1) is 18.7. The van der Waals surface area contributed by atoms with E-state index in [1.807, 2.05) is 47.1 Å². The van der Waals surface area contributed by atoms with Crippen LogP contribution in [0.3, 0.4) is 0 Å². The minimum absolute atomic E-state index is 0.106. The number of rotatable bonds is 5. The van der Waals surface area contributed by atoms with Gasteiger partial charge in [-0.05, 0) is 50.2 Å². The lowest BCUT2D eigenvalue weighted by atomic mass is 9.95. The molecule has 0 bridgehead atoms. The van der Waals surface area contributed by atoms with Crippen molar-refractivity contribution in [3.63, 3.8) is 0 Å². The molecule has 1 aromatic carbocycles. The minimum atomic E-state index is -0.242. The van der Waals surface area contributed by atoms with Crippen molar-refractivity contribution in [1.82, 2.24) is 9.80 Å². The van der Waals surface area contributed by atoms with Crippen molar-refractivity contribution in [2.45, 2.75) is 51.5 Å². The van der Waals surface area contributed by atoms with Crippen LogP contribution < -0.4 is 4.74 Å². The standard InChI is InChI=1S/C21H30N2O3/c1-2-20(24)23-13-7-6-10-19(23)21(25)22-14-11-17(12-15-22)16-26-18-8-4-3-5-9-18/h3-5,8-9,17,19H,2,6-7,10-16H2,1H3. The van der Waals surface area contributed by atoms with Gasteiger partial charge in [0.15, 0.2) is 0 Å². The Balaban J connectivity index is 1.49. The third kappa shape index (κ3) is 4.57. The van der Waals surface area contributed by atoms with E-state index in [1.54, 1.807) is 0 Å². The van der Waals surface area contributed by atoms with Crippen LogP contribution in [0.4, 0.5) is 0 Å². The van der Waals surface area contributed by atoms with Crippen LogP contribution in [0.25, 0.3) is 0 Å². The lowest BCUT2D eigenvalue weighted by Gasteiger charge is -2.40. The molecular formula is C21H30N2O3. The Hall–Kier alpha value is -2.04. The van der Waals surface area contributed by atoms with Gasteiger partial charge in [0.05, 0.1) is 6.61 Å². The van der Waals surface area contributed by atoms with Crippen LogP contribution in [0.5, 0.6) is 5.75 Å². The van der Waals surface area contributed by atoms with Gasteiger partial charge < -0.3 is 14.5 Å². The van der Waals surface area contributed by atoms with E-state index in [4.69, 9.17) is 4.74 Å². The summed E-state index contributed by atoms with van der Waals surface area (Å²) in [5.41, 5.74) is 0. The number of hydrogen-bond donors (Lipinski definition) is 0. The number of hydrogen-bond acceptors (Lipinski definition) is 3. The van der Waals surface area contributed by atoms with Gasteiger partial charge >= 0.3 is 0 Å². The molecule has 0 aliphatic carbocycles. The number of nitrogens with zero attached hydrogens (tertiary/aromatic N) is 2. The zero-order chi connectivity index (χ0) is 18.4. The molecule has 26 heavy (non-hydrogen) atoms. The molecule has 0 aromatic heterocycles. The van der Waals surface area contributed by atoms with E-state index < -0.39 is 0 Å². The summed E-state index contributed by atoms with van der Waals surface area (Å²) in [4.78, 5) is 28.9. The summed E-state index contributed by atoms with van der Waals surface area (Å²) in [6, 6.07) is 9.64. The van der Waals surface area contributed by atoms with E-state index in [-0.39, 0.29) is 17.9 Å². The molecule has 2 fully saturated rings. The van der Waals surface area contributed by atoms with Crippen molar-refractivity contribution >= 4 is 11.8 Å². The second-order valence-corrected chi connectivity index (χ2v) is 7.34. The molecule has 0 spiro atoms. The van der Waals surface area contributed by atoms with Crippen LogP contribution in [0.2, 0.25) is 0 Å². The molecule has 0 saturated carbocycles. The van der Waals surface area contributed by atoms with Crippen molar-refractivity contribution in [2.24, 2.45) is 5.92 Å². The normalized spacial score (nSPS) is 21.5. The predicted molar refractivity (Wildman–Crippen MR) is 101 cm³/mol. The van der Waals surface area contributed by atoms with Crippen LogP contribution in [0.15, 0.2) is 30.3 Å². The summed E-state index contributed by atoms with van der Waals surface area (Å²) >= 11 is 0. The molecule has 1 unspecified atom stereocenters. The molecule has 5 heteroatoms. The second kappa shape index (κ2) is 9.06. The van der Waals surface area contributed by atoms with Gasteiger partial charge in [-0.15, -0.1) is 0 Å². The van der Waals surface area contributed by atoms with Gasteiger partial charge in [-0.2, -0.15) is 0 Å². The van der Waals surface area contributed by atoms with Crippen LogP contribution in [0.1, 0.15) is 45.4 Å². The van der Waals surface area contributed by atoms with E-state index in [1.165, 1.54) is 0 Å². The largest absolute Gasteiger partial charge is 0.493 e. The Morgan fingerprint density at radius 1 is 1.04 bits per heavy atom. The molecule has 2 aliphatic rings. The quantitative estimate of drug-likeness (QED) is 0.813. The number of carbonyl (C=O) groups excluding carboxylic acids is 2. The fraction of sp³-hybridized carbons (Fsp3) is 0.619. The summed E-state index contributed by atoms with van der Waals surface area (Å²) in [6.07, 6.45) is 5.25. The summed E-state index contributed by atoms with van der Waals surface area (Å²) in [5.74, 6) is 1.64. The molecule has 142 valence electrons. The van der Waals surface area contributed by atoms with E-state index in [2.05, 4.69) is 0 Å². The number of ether oxygens (including phenoxy) is 1. The number of likely N-dealkylation sites (tertiary alicyclic amines) is 2. The Morgan fingerprint density at radius 3 is 2.46 bits per heavy atom. The molecule has 1 aromatic rings. The lowest BCUT2D eigenvalue weighted by molar-refractivity contribution is -0.148. The van der Waals surface area contributed by atoms with Gasteiger partial charge in [-0.25, -0.2) is 0 Å². The highest BCUT2D eigenvalue weighted by Crippen LogP contribution is 2.24. The molecule has 2 saturated heterocycles. The zero-order valence-corrected chi connectivity index (χ0v) is 15.7. The molecule has 2 aliphatic heterocycles. The topological polar surface area (TPSA) is 49.9 Å². The first-order chi connectivity index (χ1) is 12.7. The molecule has 3 rings (SSSR count). The Labute approximate surface area is 156 Å². The second-order valence-electron chi connectivity index (χ2n) is 7.34. The summed E-state index contributed by atoms with van der Waals surface area (Å²) in [7, 11) is 0. The van der Waals surface area contributed by atoms with Gasteiger partial charge in [0.1, 0.15) is 11.8 Å². The fourth-order valence-corrected chi connectivity index (χ4v) is 3.95. The third-order valence-electron chi connectivity index (χ3n) is 5.57. The van der Waals surface area contributed by atoms with Gasteiger partial charge in [-0.1, -0.05) is 25.1 Å². The summed E-state index contributed by atoms with van der Waals surface area (Å²) < 4.78 is 5.86. The summed E-state index contributed by atoms with van der Waals surface area (Å²) in [5, 5.41) is 0. The smallest absolute Gasteiger partial charge is 0.245 e. The van der Waals surface area contributed by atoms with Crippen LogP contribution in [0, 0.1) is 5.92 Å². The Bertz CT molecular complexity index is 597. The van der Waals surface area contributed by atoms with Crippen molar-refractivity contribution in [2.75, 3.05) is 26.2 Å². The van der Waals surface area contributed by atoms with Gasteiger partial charge in [-0.3, -0.25) is 9.59 Å². The maximum atomic E-state index is 13.0. The summed E-state index contributed by atoms with van der Waals surface area (Å²) in [6.45, 7) is 4.84. The van der Waals surface area contributed by atoms with E-state index in [9.17, 15) is 9.59 Å². The highest BCUT2D eigenvalue weighted by molar-refractivity contribution is 5.87. The van der Waals surface area contributed by atoms with E-state index in [0.29, 0.717) is 18.9 Å². The maximum Gasteiger partial charge on any atom is 0.245 e.